The molecule has 0 saturated carbocycles. The van der Waals surface area contributed by atoms with Crippen molar-refractivity contribution in [2.24, 2.45) is 5.41 Å². The average molecular weight is 318 g/mol. The fourth-order valence-electron chi connectivity index (χ4n) is 2.19. The topological polar surface area (TPSA) is 82.8 Å². The van der Waals surface area contributed by atoms with Crippen LogP contribution in [0.3, 0.4) is 0 Å². The molecule has 1 amide bonds. The van der Waals surface area contributed by atoms with Crippen LogP contribution in [-0.2, 0) is 14.3 Å². The molecule has 0 bridgehead atoms. The molecule has 0 aromatic carbocycles. The molecule has 7 heteroatoms. The van der Waals surface area contributed by atoms with Crippen LogP contribution in [0.5, 0.6) is 5.88 Å². The Morgan fingerprint density at radius 1 is 1.35 bits per heavy atom. The van der Waals surface area contributed by atoms with E-state index in [0.717, 1.165) is 0 Å². The van der Waals surface area contributed by atoms with Crippen molar-refractivity contribution in [1.29, 1.82) is 0 Å². The Morgan fingerprint density at radius 3 is 2.70 bits per heavy atom. The van der Waals surface area contributed by atoms with Crippen LogP contribution >= 0.6 is 0 Å². The standard InChI is InChI=1S/C16H18N2O5/c1-16(9-22-14(23-10-16)12-4-3-7-21-12)15(19)18-11-5-6-13(20-2)17-8-11/h3-8,14H,9-10H2,1-2H3,(H,18,19). The molecule has 7 nitrogen and oxygen atoms in total. The first kappa shape index (κ1) is 15.5. The highest BCUT2D eigenvalue weighted by Gasteiger charge is 2.40. The number of carbonyl (C=O) groups excluding carboxylic acids is 1. The summed E-state index contributed by atoms with van der Waals surface area (Å²) in [6.45, 7) is 2.25. The number of nitrogens with one attached hydrogen (secondary N) is 1. The Kier molecular flexibility index (Phi) is 4.31. The third-order valence-electron chi connectivity index (χ3n) is 3.63. The zero-order valence-corrected chi connectivity index (χ0v) is 12.9. The summed E-state index contributed by atoms with van der Waals surface area (Å²) in [5, 5.41) is 2.81. The molecule has 0 unspecified atom stereocenters. The lowest BCUT2D eigenvalue weighted by molar-refractivity contribution is -0.232. The van der Waals surface area contributed by atoms with Crippen molar-refractivity contribution in [2.45, 2.75) is 13.2 Å². The van der Waals surface area contributed by atoms with E-state index < -0.39 is 11.7 Å². The van der Waals surface area contributed by atoms with E-state index in [9.17, 15) is 4.79 Å². The van der Waals surface area contributed by atoms with Gasteiger partial charge >= 0.3 is 0 Å². The quantitative estimate of drug-likeness (QED) is 0.932. The van der Waals surface area contributed by atoms with Crippen LogP contribution in [0.2, 0.25) is 0 Å². The minimum absolute atomic E-state index is 0.192. The van der Waals surface area contributed by atoms with Gasteiger partial charge in [0.1, 0.15) is 0 Å². The monoisotopic (exact) mass is 318 g/mol. The maximum atomic E-state index is 12.5. The molecule has 1 aliphatic rings. The van der Waals surface area contributed by atoms with Gasteiger partial charge in [0.2, 0.25) is 18.1 Å². The maximum absolute atomic E-state index is 12.5. The summed E-state index contributed by atoms with van der Waals surface area (Å²) in [5.74, 6) is 0.883. The van der Waals surface area contributed by atoms with Gasteiger partial charge in [-0.15, -0.1) is 0 Å². The summed E-state index contributed by atoms with van der Waals surface area (Å²) in [6, 6.07) is 6.94. The predicted molar refractivity (Wildman–Crippen MR) is 80.9 cm³/mol. The number of ether oxygens (including phenoxy) is 3. The number of pyridine rings is 1. The summed E-state index contributed by atoms with van der Waals surface area (Å²) >= 11 is 0. The molecule has 0 atom stereocenters. The second-order valence-corrected chi connectivity index (χ2v) is 5.57. The van der Waals surface area contributed by atoms with E-state index in [1.807, 2.05) is 0 Å². The number of amides is 1. The van der Waals surface area contributed by atoms with E-state index in [4.69, 9.17) is 18.6 Å². The molecular formula is C16H18N2O5. The van der Waals surface area contributed by atoms with Crippen LogP contribution in [0.15, 0.2) is 41.1 Å². The van der Waals surface area contributed by atoms with Gasteiger partial charge in [0.25, 0.3) is 0 Å². The molecule has 2 aromatic rings. The molecule has 3 rings (SSSR count). The third-order valence-corrected chi connectivity index (χ3v) is 3.63. The fraction of sp³-hybridized carbons (Fsp3) is 0.375. The molecular weight excluding hydrogens is 300 g/mol. The van der Waals surface area contributed by atoms with Crippen molar-refractivity contribution in [2.75, 3.05) is 25.6 Å². The Labute approximate surface area is 133 Å². The molecule has 1 aliphatic heterocycles. The molecule has 1 N–H and O–H groups in total. The maximum Gasteiger partial charge on any atom is 0.235 e. The van der Waals surface area contributed by atoms with Gasteiger partial charge < -0.3 is 23.9 Å². The van der Waals surface area contributed by atoms with Crippen LogP contribution in [0.25, 0.3) is 0 Å². The van der Waals surface area contributed by atoms with E-state index in [0.29, 0.717) is 17.3 Å². The van der Waals surface area contributed by atoms with Crippen LogP contribution in [-0.4, -0.2) is 31.2 Å². The van der Waals surface area contributed by atoms with Gasteiger partial charge in [0.15, 0.2) is 5.76 Å². The summed E-state index contributed by atoms with van der Waals surface area (Å²) in [6.07, 6.45) is 2.52. The van der Waals surface area contributed by atoms with Gasteiger partial charge in [-0.05, 0) is 25.1 Å². The van der Waals surface area contributed by atoms with Crippen molar-refractivity contribution in [3.8, 4) is 5.88 Å². The predicted octanol–water partition coefficient (Wildman–Crippen LogP) is 2.37. The lowest BCUT2D eigenvalue weighted by Gasteiger charge is -2.35. The SMILES string of the molecule is COc1ccc(NC(=O)C2(C)COC(c3ccco3)OC2)cn1. The molecule has 0 radical (unpaired) electrons. The molecule has 0 spiro atoms. The molecule has 122 valence electrons. The second-order valence-electron chi connectivity index (χ2n) is 5.57. The largest absolute Gasteiger partial charge is 0.481 e. The van der Waals surface area contributed by atoms with Gasteiger partial charge in [-0.25, -0.2) is 4.98 Å². The van der Waals surface area contributed by atoms with Crippen molar-refractivity contribution < 1.29 is 23.4 Å². The number of nitrogens with zero attached hydrogens (tertiary/aromatic N) is 1. The molecule has 3 heterocycles. The fourth-order valence-corrected chi connectivity index (χ4v) is 2.19. The van der Waals surface area contributed by atoms with Crippen LogP contribution in [0.1, 0.15) is 19.0 Å². The van der Waals surface area contributed by atoms with Gasteiger partial charge in [0, 0.05) is 6.07 Å². The number of hydrogen-bond donors (Lipinski definition) is 1. The number of furan rings is 1. The average Bonchev–Trinajstić information content (AvgIpc) is 3.10. The molecule has 23 heavy (non-hydrogen) atoms. The zero-order chi connectivity index (χ0) is 16.3. The van der Waals surface area contributed by atoms with Gasteiger partial charge in [-0.3, -0.25) is 4.79 Å². The Balaban J connectivity index is 1.60. The Bertz CT molecular complexity index is 646. The Hall–Kier alpha value is -2.38. The summed E-state index contributed by atoms with van der Waals surface area (Å²) < 4.78 is 21.5. The minimum Gasteiger partial charge on any atom is -0.481 e. The van der Waals surface area contributed by atoms with E-state index in [1.54, 1.807) is 37.5 Å². The van der Waals surface area contributed by atoms with E-state index in [-0.39, 0.29) is 19.1 Å². The second kappa shape index (κ2) is 6.39. The summed E-state index contributed by atoms with van der Waals surface area (Å²) in [5.41, 5.74) is -0.201. The van der Waals surface area contributed by atoms with Gasteiger partial charge in [-0.2, -0.15) is 0 Å². The smallest absolute Gasteiger partial charge is 0.235 e. The van der Waals surface area contributed by atoms with Gasteiger partial charge in [0.05, 0.1) is 43.9 Å². The lowest BCUT2D eigenvalue weighted by atomic mass is 9.91. The van der Waals surface area contributed by atoms with Crippen LogP contribution < -0.4 is 10.1 Å². The molecule has 2 aromatic heterocycles. The molecule has 0 aliphatic carbocycles. The van der Waals surface area contributed by atoms with E-state index >= 15 is 0 Å². The highest BCUT2D eigenvalue weighted by atomic mass is 16.7. The van der Waals surface area contributed by atoms with E-state index in [2.05, 4.69) is 10.3 Å². The number of anilines is 1. The first-order chi connectivity index (χ1) is 11.1. The van der Waals surface area contributed by atoms with Crippen LogP contribution in [0, 0.1) is 5.41 Å². The summed E-state index contributed by atoms with van der Waals surface area (Å²) in [7, 11) is 1.54. The summed E-state index contributed by atoms with van der Waals surface area (Å²) in [4.78, 5) is 16.5. The van der Waals surface area contributed by atoms with Crippen molar-refractivity contribution in [1.82, 2.24) is 4.98 Å². The van der Waals surface area contributed by atoms with Gasteiger partial charge in [-0.1, -0.05) is 0 Å². The number of carbonyl (C=O) groups is 1. The van der Waals surface area contributed by atoms with Crippen molar-refractivity contribution in [3.05, 3.63) is 42.5 Å². The molecule has 1 fully saturated rings. The molecule has 1 saturated heterocycles. The van der Waals surface area contributed by atoms with E-state index in [1.165, 1.54) is 13.3 Å². The van der Waals surface area contributed by atoms with Crippen LogP contribution in [0.4, 0.5) is 5.69 Å². The highest BCUT2D eigenvalue weighted by Crippen LogP contribution is 2.32. The number of hydrogen-bond acceptors (Lipinski definition) is 6. The first-order valence-corrected chi connectivity index (χ1v) is 7.19. The number of rotatable bonds is 4. The number of methoxy groups -OCH3 is 1. The minimum atomic E-state index is -0.789. The highest BCUT2D eigenvalue weighted by molar-refractivity contribution is 5.95. The number of aromatic nitrogens is 1. The third kappa shape index (κ3) is 3.35. The zero-order valence-electron chi connectivity index (χ0n) is 12.9. The normalized spacial score (nSPS) is 24.2. The lowest BCUT2D eigenvalue weighted by Crippen LogP contribution is -2.45. The Morgan fingerprint density at radius 2 is 2.13 bits per heavy atom. The first-order valence-electron chi connectivity index (χ1n) is 7.19. The van der Waals surface area contributed by atoms with Crippen molar-refractivity contribution in [3.63, 3.8) is 0 Å². The van der Waals surface area contributed by atoms with Crippen molar-refractivity contribution >= 4 is 11.6 Å².